The van der Waals surface area contributed by atoms with Crippen LogP contribution in [0.4, 0.5) is 17.1 Å². The molecule has 226 valence electrons. The zero-order valence-electron chi connectivity index (χ0n) is 25.9. The Morgan fingerprint density at radius 2 is 1.12 bits per heavy atom. The number of hydrogen-bond acceptors (Lipinski definition) is 4. The summed E-state index contributed by atoms with van der Waals surface area (Å²) < 4.78 is 2.54. The van der Waals surface area contributed by atoms with E-state index in [1.807, 2.05) is 17.4 Å². The van der Waals surface area contributed by atoms with Crippen molar-refractivity contribution in [2.45, 2.75) is 0 Å². The Labute approximate surface area is 282 Å². The molecule has 7 aromatic carbocycles. The van der Waals surface area contributed by atoms with E-state index in [0.717, 1.165) is 50.1 Å². The molecule has 0 saturated carbocycles. The summed E-state index contributed by atoms with van der Waals surface area (Å²) in [5, 5.41) is 21.8. The van der Waals surface area contributed by atoms with Crippen LogP contribution in [0.3, 0.4) is 0 Å². The van der Waals surface area contributed by atoms with E-state index >= 15 is 0 Å². The molecule has 48 heavy (non-hydrogen) atoms. The van der Waals surface area contributed by atoms with E-state index in [1.165, 1.54) is 31.3 Å². The van der Waals surface area contributed by atoms with Gasteiger partial charge in [-0.3, -0.25) is 10.8 Å². The van der Waals surface area contributed by atoms with Crippen molar-refractivity contribution in [3.8, 4) is 22.3 Å². The minimum Gasteiger partial charge on any atom is -0.310 e. The highest BCUT2D eigenvalue weighted by molar-refractivity contribution is 7.25. The number of fused-ring (bicyclic) bond motifs is 6. The first kappa shape index (κ1) is 28.1. The fraction of sp³-hybridized carbons (Fsp3) is 0. The van der Waals surface area contributed by atoms with Crippen molar-refractivity contribution in [3.05, 3.63) is 169 Å². The van der Waals surface area contributed by atoms with E-state index in [1.54, 1.807) is 6.08 Å². The van der Waals surface area contributed by atoms with Crippen molar-refractivity contribution >= 4 is 76.8 Å². The number of anilines is 3. The molecule has 8 aromatic rings. The minimum atomic E-state index is 0.231. The van der Waals surface area contributed by atoms with Crippen LogP contribution >= 0.6 is 11.3 Å². The van der Waals surface area contributed by atoms with Gasteiger partial charge in [0.1, 0.15) is 0 Å². The number of benzene rings is 7. The maximum absolute atomic E-state index is 8.88. The lowest BCUT2D eigenvalue weighted by molar-refractivity contribution is 1.29. The third kappa shape index (κ3) is 4.57. The average Bonchev–Trinajstić information content (AvgIpc) is 3.52. The summed E-state index contributed by atoms with van der Waals surface area (Å²) in [5.41, 5.74) is 10.0. The maximum Gasteiger partial charge on any atom is 0.0873 e. The zero-order valence-corrected chi connectivity index (χ0v) is 26.8. The van der Waals surface area contributed by atoms with Gasteiger partial charge >= 0.3 is 0 Å². The maximum atomic E-state index is 8.88. The van der Waals surface area contributed by atoms with Crippen LogP contribution in [0.25, 0.3) is 59.3 Å². The van der Waals surface area contributed by atoms with Crippen molar-refractivity contribution in [2.75, 3.05) is 4.90 Å². The summed E-state index contributed by atoms with van der Waals surface area (Å²) in [7, 11) is 0. The van der Waals surface area contributed by atoms with Gasteiger partial charge in [-0.25, -0.2) is 0 Å². The fourth-order valence-electron chi connectivity index (χ4n) is 7.04. The smallest absolute Gasteiger partial charge is 0.0873 e. The van der Waals surface area contributed by atoms with Gasteiger partial charge in [-0.05, 0) is 81.6 Å². The summed E-state index contributed by atoms with van der Waals surface area (Å²) in [6.07, 6.45) is 3.67. The number of hydrogen-bond donors (Lipinski definition) is 2. The van der Waals surface area contributed by atoms with Crippen molar-refractivity contribution < 1.29 is 0 Å². The topological polar surface area (TPSA) is 50.9 Å². The molecule has 0 amide bonds. The zero-order chi connectivity index (χ0) is 32.2. The van der Waals surface area contributed by atoms with Gasteiger partial charge in [0.15, 0.2) is 0 Å². The van der Waals surface area contributed by atoms with E-state index in [-0.39, 0.29) is 11.4 Å². The van der Waals surface area contributed by atoms with Crippen LogP contribution in [-0.4, -0.2) is 11.4 Å². The van der Waals surface area contributed by atoms with Gasteiger partial charge in [0.25, 0.3) is 0 Å². The predicted molar refractivity (Wildman–Crippen MR) is 206 cm³/mol. The number of nitrogens with zero attached hydrogens (tertiary/aromatic N) is 1. The van der Waals surface area contributed by atoms with Crippen molar-refractivity contribution in [1.29, 1.82) is 10.8 Å². The lowest BCUT2D eigenvalue weighted by atomic mass is 9.89. The molecule has 0 radical (unpaired) electrons. The molecule has 1 aromatic heterocycles. The number of nitrogens with one attached hydrogen (secondary N) is 2. The van der Waals surface area contributed by atoms with E-state index in [9.17, 15) is 0 Å². The summed E-state index contributed by atoms with van der Waals surface area (Å²) in [5.74, 6) is 0. The quantitative estimate of drug-likeness (QED) is 0.195. The van der Waals surface area contributed by atoms with Crippen LogP contribution < -0.4 is 4.90 Å². The van der Waals surface area contributed by atoms with E-state index in [2.05, 4.69) is 157 Å². The second-order valence-electron chi connectivity index (χ2n) is 12.1. The first-order valence-corrected chi connectivity index (χ1v) is 16.8. The van der Waals surface area contributed by atoms with Gasteiger partial charge in [0.2, 0.25) is 0 Å². The monoisotopic (exact) mass is 631 g/mol. The molecule has 0 spiro atoms. The van der Waals surface area contributed by atoms with Crippen molar-refractivity contribution in [2.24, 2.45) is 0 Å². The second kappa shape index (κ2) is 11.3. The fourth-order valence-corrected chi connectivity index (χ4v) is 8.12. The standard InChI is InChI=1S/C44H29N3S/c45-39-24-21-30-19-18-29-20-22-31(26-37(29)43(30)44(39)46)47(32-23-25-42-38(27-32)36-15-7-9-17-41(36)48-42)40-16-8-6-14-35(40)34-13-5-4-12-33(34)28-10-2-1-3-11-28/h1-27,45-46H. The Kier molecular flexibility index (Phi) is 6.63. The lowest BCUT2D eigenvalue weighted by Crippen LogP contribution is -2.16. The number of thiophene rings is 1. The van der Waals surface area contributed by atoms with Gasteiger partial charge < -0.3 is 4.90 Å². The summed E-state index contributed by atoms with van der Waals surface area (Å²) in [4.78, 5) is 2.36. The Hall–Kier alpha value is -6.10. The first-order chi connectivity index (χ1) is 23.6. The van der Waals surface area contributed by atoms with Crippen molar-refractivity contribution in [3.63, 3.8) is 0 Å². The highest BCUT2D eigenvalue weighted by Gasteiger charge is 2.22. The molecule has 2 N–H and O–H groups in total. The highest BCUT2D eigenvalue weighted by atomic mass is 32.1. The molecular weight excluding hydrogens is 603 g/mol. The molecule has 0 atom stereocenters. The Morgan fingerprint density at radius 1 is 0.479 bits per heavy atom. The molecule has 9 rings (SSSR count). The summed E-state index contributed by atoms with van der Waals surface area (Å²) in [6, 6.07) is 54.0. The Bertz CT molecular complexity index is 2610. The van der Waals surface area contributed by atoms with Gasteiger partial charge in [0.05, 0.1) is 17.1 Å². The van der Waals surface area contributed by atoms with Crippen LogP contribution in [0.15, 0.2) is 158 Å². The summed E-state index contributed by atoms with van der Waals surface area (Å²) >= 11 is 1.82. The first-order valence-electron chi connectivity index (χ1n) is 16.0. The van der Waals surface area contributed by atoms with Gasteiger partial charge in [-0.2, -0.15) is 0 Å². The molecule has 0 unspecified atom stereocenters. The van der Waals surface area contributed by atoms with E-state index in [4.69, 9.17) is 10.8 Å². The molecule has 1 aliphatic carbocycles. The number of rotatable bonds is 5. The third-order valence-electron chi connectivity index (χ3n) is 9.31. The van der Waals surface area contributed by atoms with Gasteiger partial charge in [0, 0.05) is 42.7 Å². The SMILES string of the molecule is N=C1C=Cc2ccc3ccc(N(c4ccc5sc6ccccc6c5c4)c4ccccc4-c4ccccc4-c4ccccc4)cc3c2C1=N. The number of allylic oxidation sites excluding steroid dienone is 1. The molecule has 3 nitrogen and oxygen atoms in total. The second-order valence-corrected chi connectivity index (χ2v) is 13.2. The highest BCUT2D eigenvalue weighted by Crippen LogP contribution is 2.46. The van der Waals surface area contributed by atoms with Gasteiger partial charge in [-0.15, -0.1) is 11.3 Å². The van der Waals surface area contributed by atoms with Crippen LogP contribution in [-0.2, 0) is 0 Å². The van der Waals surface area contributed by atoms with Gasteiger partial charge in [-0.1, -0.05) is 115 Å². The Morgan fingerprint density at radius 3 is 1.98 bits per heavy atom. The largest absolute Gasteiger partial charge is 0.310 e. The van der Waals surface area contributed by atoms with Crippen LogP contribution in [0.5, 0.6) is 0 Å². The van der Waals surface area contributed by atoms with E-state index < -0.39 is 0 Å². The molecule has 1 heterocycles. The molecule has 0 aliphatic heterocycles. The van der Waals surface area contributed by atoms with Crippen molar-refractivity contribution in [1.82, 2.24) is 0 Å². The Balaban J connectivity index is 1.32. The number of para-hydroxylation sites is 1. The molecular formula is C44H29N3S. The summed E-state index contributed by atoms with van der Waals surface area (Å²) in [6.45, 7) is 0. The lowest BCUT2D eigenvalue weighted by Gasteiger charge is -2.29. The molecule has 0 fully saturated rings. The third-order valence-corrected chi connectivity index (χ3v) is 10.5. The molecule has 0 bridgehead atoms. The van der Waals surface area contributed by atoms with Crippen LogP contribution in [0.2, 0.25) is 0 Å². The van der Waals surface area contributed by atoms with E-state index in [0.29, 0.717) is 0 Å². The molecule has 0 saturated heterocycles. The van der Waals surface area contributed by atoms with Crippen LogP contribution in [0.1, 0.15) is 11.1 Å². The molecule has 1 aliphatic rings. The molecule has 4 heteroatoms. The predicted octanol–water partition coefficient (Wildman–Crippen LogP) is 12.4. The normalized spacial score (nSPS) is 12.6. The average molecular weight is 632 g/mol. The van der Waals surface area contributed by atoms with Crippen LogP contribution in [0, 0.1) is 10.8 Å². The minimum absolute atomic E-state index is 0.231.